The van der Waals surface area contributed by atoms with E-state index in [1.807, 2.05) is 6.07 Å². The lowest BCUT2D eigenvalue weighted by atomic mass is 9.61. The second-order valence-corrected chi connectivity index (χ2v) is 7.01. The van der Waals surface area contributed by atoms with Crippen molar-refractivity contribution < 1.29 is 4.74 Å². The van der Waals surface area contributed by atoms with Gasteiger partial charge in [-0.05, 0) is 60.6 Å². The summed E-state index contributed by atoms with van der Waals surface area (Å²) in [5.74, 6) is 0. The third-order valence-corrected chi connectivity index (χ3v) is 5.36. The molecule has 1 saturated carbocycles. The van der Waals surface area contributed by atoms with Crippen molar-refractivity contribution in [2.75, 3.05) is 11.9 Å². The highest BCUT2D eigenvalue weighted by Crippen LogP contribution is 2.47. The number of halogens is 2. The average molecular weight is 394 g/mol. The Morgan fingerprint density at radius 2 is 2.21 bits per heavy atom. The molecular weight excluding hydrogens is 373 g/mol. The van der Waals surface area contributed by atoms with E-state index in [0.29, 0.717) is 12.1 Å². The lowest BCUT2D eigenvalue weighted by molar-refractivity contribution is -0.109. The number of hydrogen-bond acceptors (Lipinski definition) is 2. The standard InChI is InChI=1S/C15H21ClINO/c1-4-15(3)13(9-14(15)19-5-2)18-12-7-6-10(17)8-11(12)16/h6-8,13-14,18H,4-5,9H2,1-3H3. The molecule has 0 spiro atoms. The molecule has 2 rings (SSSR count). The average Bonchev–Trinajstić information content (AvgIpc) is 2.39. The van der Waals surface area contributed by atoms with Crippen LogP contribution in [0.1, 0.15) is 33.6 Å². The monoisotopic (exact) mass is 393 g/mol. The molecule has 1 aliphatic carbocycles. The molecule has 0 bridgehead atoms. The molecule has 0 aliphatic heterocycles. The molecule has 3 unspecified atom stereocenters. The van der Waals surface area contributed by atoms with Crippen molar-refractivity contribution in [1.82, 2.24) is 0 Å². The van der Waals surface area contributed by atoms with E-state index in [2.05, 4.69) is 60.8 Å². The van der Waals surface area contributed by atoms with Crippen LogP contribution in [0.5, 0.6) is 0 Å². The molecule has 0 radical (unpaired) electrons. The van der Waals surface area contributed by atoms with E-state index >= 15 is 0 Å². The van der Waals surface area contributed by atoms with Crippen molar-refractivity contribution in [3.63, 3.8) is 0 Å². The Labute approximate surface area is 134 Å². The maximum Gasteiger partial charge on any atom is 0.0667 e. The summed E-state index contributed by atoms with van der Waals surface area (Å²) in [6, 6.07) is 6.57. The molecule has 1 aromatic carbocycles. The van der Waals surface area contributed by atoms with E-state index in [-0.39, 0.29) is 5.41 Å². The maximum atomic E-state index is 6.29. The topological polar surface area (TPSA) is 21.3 Å². The van der Waals surface area contributed by atoms with Crippen molar-refractivity contribution >= 4 is 39.9 Å². The zero-order valence-corrected chi connectivity index (χ0v) is 14.6. The molecule has 1 fully saturated rings. The van der Waals surface area contributed by atoms with Crippen LogP contribution in [0, 0.1) is 8.99 Å². The Morgan fingerprint density at radius 1 is 1.47 bits per heavy atom. The van der Waals surface area contributed by atoms with Crippen LogP contribution in [0.25, 0.3) is 0 Å². The first-order chi connectivity index (χ1) is 9.01. The predicted molar refractivity (Wildman–Crippen MR) is 90.0 cm³/mol. The minimum atomic E-state index is 0.197. The molecule has 3 atom stereocenters. The van der Waals surface area contributed by atoms with Crippen molar-refractivity contribution in [2.45, 2.75) is 45.8 Å². The highest BCUT2D eigenvalue weighted by atomic mass is 127. The summed E-state index contributed by atoms with van der Waals surface area (Å²) in [4.78, 5) is 0. The van der Waals surface area contributed by atoms with Gasteiger partial charge in [-0.2, -0.15) is 0 Å². The van der Waals surface area contributed by atoms with Gasteiger partial charge in [0.05, 0.1) is 16.8 Å². The highest BCUT2D eigenvalue weighted by molar-refractivity contribution is 14.1. The van der Waals surface area contributed by atoms with Gasteiger partial charge >= 0.3 is 0 Å². The van der Waals surface area contributed by atoms with Gasteiger partial charge in [0.2, 0.25) is 0 Å². The summed E-state index contributed by atoms with van der Waals surface area (Å²) >= 11 is 8.57. The summed E-state index contributed by atoms with van der Waals surface area (Å²) < 4.78 is 6.99. The van der Waals surface area contributed by atoms with Crippen LogP contribution in [0.2, 0.25) is 5.02 Å². The van der Waals surface area contributed by atoms with Crippen molar-refractivity contribution in [3.05, 3.63) is 26.8 Å². The fraction of sp³-hybridized carbons (Fsp3) is 0.600. The minimum absolute atomic E-state index is 0.197. The third kappa shape index (κ3) is 3.03. The van der Waals surface area contributed by atoms with Gasteiger partial charge in [0.15, 0.2) is 0 Å². The van der Waals surface area contributed by atoms with Gasteiger partial charge in [-0.15, -0.1) is 0 Å². The lowest BCUT2D eigenvalue weighted by Gasteiger charge is -2.54. The maximum absolute atomic E-state index is 6.29. The van der Waals surface area contributed by atoms with Crippen LogP contribution in [0.15, 0.2) is 18.2 Å². The normalized spacial score (nSPS) is 29.9. The van der Waals surface area contributed by atoms with Gasteiger partial charge < -0.3 is 10.1 Å². The first-order valence-corrected chi connectivity index (χ1v) is 8.30. The molecule has 0 heterocycles. The van der Waals surface area contributed by atoms with Crippen LogP contribution in [-0.2, 0) is 4.74 Å². The molecule has 1 aliphatic rings. The molecule has 2 nitrogen and oxygen atoms in total. The first kappa shape index (κ1) is 15.4. The largest absolute Gasteiger partial charge is 0.380 e. The van der Waals surface area contributed by atoms with Crippen LogP contribution < -0.4 is 5.32 Å². The van der Waals surface area contributed by atoms with Crippen LogP contribution in [0.3, 0.4) is 0 Å². The number of anilines is 1. The van der Waals surface area contributed by atoms with Gasteiger partial charge in [-0.1, -0.05) is 25.4 Å². The molecular formula is C15H21ClINO. The van der Waals surface area contributed by atoms with Crippen LogP contribution >= 0.6 is 34.2 Å². The van der Waals surface area contributed by atoms with E-state index in [1.54, 1.807) is 0 Å². The van der Waals surface area contributed by atoms with Gasteiger partial charge in [0.1, 0.15) is 0 Å². The number of benzene rings is 1. The fourth-order valence-electron chi connectivity index (χ4n) is 2.77. The Balaban J connectivity index is 2.08. The van der Waals surface area contributed by atoms with E-state index in [4.69, 9.17) is 16.3 Å². The Hall–Kier alpha value is -0.0000000000000000555. The van der Waals surface area contributed by atoms with Gasteiger partial charge in [0, 0.05) is 21.6 Å². The molecule has 19 heavy (non-hydrogen) atoms. The summed E-state index contributed by atoms with van der Waals surface area (Å²) in [5, 5.41) is 4.38. The summed E-state index contributed by atoms with van der Waals surface area (Å²) in [6.45, 7) is 7.38. The van der Waals surface area contributed by atoms with Crippen LogP contribution in [-0.4, -0.2) is 18.8 Å². The predicted octanol–water partition coefficient (Wildman–Crippen LogP) is 4.95. The van der Waals surface area contributed by atoms with Crippen molar-refractivity contribution in [1.29, 1.82) is 0 Å². The third-order valence-electron chi connectivity index (χ3n) is 4.37. The highest BCUT2D eigenvalue weighted by Gasteiger charge is 2.51. The molecule has 106 valence electrons. The second-order valence-electron chi connectivity index (χ2n) is 5.36. The summed E-state index contributed by atoms with van der Waals surface area (Å²) in [5.41, 5.74) is 1.23. The zero-order chi connectivity index (χ0) is 14.0. The first-order valence-electron chi connectivity index (χ1n) is 6.84. The molecule has 4 heteroatoms. The van der Waals surface area contributed by atoms with Crippen molar-refractivity contribution in [3.8, 4) is 0 Å². The summed E-state index contributed by atoms with van der Waals surface area (Å²) in [6.07, 6.45) is 2.53. The van der Waals surface area contributed by atoms with E-state index < -0.39 is 0 Å². The Kier molecular flexibility index (Phi) is 5.01. The lowest BCUT2D eigenvalue weighted by Crippen LogP contribution is -2.59. The van der Waals surface area contributed by atoms with Crippen molar-refractivity contribution in [2.24, 2.45) is 5.41 Å². The van der Waals surface area contributed by atoms with E-state index in [0.717, 1.165) is 33.7 Å². The number of hydrogen-bond donors (Lipinski definition) is 1. The van der Waals surface area contributed by atoms with E-state index in [1.165, 1.54) is 0 Å². The molecule has 0 saturated heterocycles. The minimum Gasteiger partial charge on any atom is -0.380 e. The van der Waals surface area contributed by atoms with Gasteiger partial charge in [-0.3, -0.25) is 0 Å². The zero-order valence-electron chi connectivity index (χ0n) is 11.7. The molecule has 0 amide bonds. The molecule has 1 aromatic rings. The smallest absolute Gasteiger partial charge is 0.0667 e. The SMILES string of the molecule is CCOC1CC(Nc2ccc(I)cc2Cl)C1(C)CC. The number of ether oxygens (including phenoxy) is 1. The number of nitrogens with one attached hydrogen (secondary N) is 1. The van der Waals surface area contributed by atoms with Crippen LogP contribution in [0.4, 0.5) is 5.69 Å². The second kappa shape index (κ2) is 6.19. The Bertz CT molecular complexity index is 454. The Morgan fingerprint density at radius 3 is 2.79 bits per heavy atom. The van der Waals surface area contributed by atoms with E-state index in [9.17, 15) is 0 Å². The van der Waals surface area contributed by atoms with Gasteiger partial charge in [-0.25, -0.2) is 0 Å². The molecule has 0 aromatic heterocycles. The van der Waals surface area contributed by atoms with Gasteiger partial charge in [0.25, 0.3) is 0 Å². The molecule has 1 N–H and O–H groups in total. The quantitative estimate of drug-likeness (QED) is 0.715. The number of rotatable bonds is 5. The fourth-order valence-corrected chi connectivity index (χ4v) is 3.68. The summed E-state index contributed by atoms with van der Waals surface area (Å²) in [7, 11) is 0.